The molecule has 1 aromatic carbocycles. The van der Waals surface area contributed by atoms with Gasteiger partial charge in [0.2, 0.25) is 0 Å². The number of hydrogen-bond acceptors (Lipinski definition) is 3. The van der Waals surface area contributed by atoms with Crippen LogP contribution in [0.3, 0.4) is 0 Å². The smallest absolute Gasteiger partial charge is 0.334 e. The van der Waals surface area contributed by atoms with Crippen molar-refractivity contribution < 1.29 is 19.0 Å². The highest BCUT2D eigenvalue weighted by Crippen LogP contribution is 2.52. The first kappa shape index (κ1) is 16.5. The third-order valence-electron chi connectivity index (χ3n) is 6.12. The van der Waals surface area contributed by atoms with E-state index in [0.29, 0.717) is 12.0 Å². The summed E-state index contributed by atoms with van der Waals surface area (Å²) in [5.74, 6) is -0.751. The van der Waals surface area contributed by atoms with Crippen molar-refractivity contribution in [1.29, 1.82) is 0 Å². The second-order valence-corrected chi connectivity index (χ2v) is 7.81. The van der Waals surface area contributed by atoms with Gasteiger partial charge < -0.3 is 9.84 Å². The molecule has 1 heterocycles. The zero-order valence-electron chi connectivity index (χ0n) is 14.6. The van der Waals surface area contributed by atoms with Crippen molar-refractivity contribution in [2.45, 2.75) is 51.2 Å². The van der Waals surface area contributed by atoms with Gasteiger partial charge in [0.1, 0.15) is 11.9 Å². The molecule has 132 valence electrons. The van der Waals surface area contributed by atoms with Gasteiger partial charge in [0.15, 0.2) is 0 Å². The fourth-order valence-electron chi connectivity index (χ4n) is 4.76. The van der Waals surface area contributed by atoms with Crippen molar-refractivity contribution in [1.82, 2.24) is 0 Å². The first-order chi connectivity index (χ1) is 11.9. The van der Waals surface area contributed by atoms with Gasteiger partial charge in [0, 0.05) is 17.4 Å². The summed E-state index contributed by atoms with van der Waals surface area (Å²) in [6, 6.07) is 6.12. The highest BCUT2D eigenvalue weighted by molar-refractivity contribution is 5.96. The minimum atomic E-state index is -0.838. The predicted octanol–water partition coefficient (Wildman–Crippen LogP) is 4.02. The van der Waals surface area contributed by atoms with Crippen LogP contribution in [0.2, 0.25) is 0 Å². The molecule has 3 aliphatic rings. The molecule has 1 aromatic rings. The molecule has 1 aliphatic heterocycles. The van der Waals surface area contributed by atoms with E-state index in [1.54, 1.807) is 12.1 Å². The highest BCUT2D eigenvalue weighted by atomic mass is 19.1. The van der Waals surface area contributed by atoms with Gasteiger partial charge in [-0.25, -0.2) is 9.18 Å². The quantitative estimate of drug-likeness (QED) is 0.476. The SMILES string of the molecule is CC1=C2CC[C@@](C)(O)[C@@H]2[C@H]2OC(=O)/C(=C/c3ccc(F)cc3)[C@@H]2CC1. The molecule has 0 radical (unpaired) electrons. The largest absolute Gasteiger partial charge is 0.458 e. The third-order valence-corrected chi connectivity index (χ3v) is 6.12. The summed E-state index contributed by atoms with van der Waals surface area (Å²) in [6.45, 7) is 3.99. The van der Waals surface area contributed by atoms with Crippen LogP contribution in [-0.4, -0.2) is 22.8 Å². The topological polar surface area (TPSA) is 46.5 Å². The molecule has 0 aromatic heterocycles. The number of aliphatic hydroxyl groups is 1. The van der Waals surface area contributed by atoms with Crippen LogP contribution in [0.15, 0.2) is 41.0 Å². The molecule has 3 nitrogen and oxygen atoms in total. The van der Waals surface area contributed by atoms with Gasteiger partial charge in [-0.3, -0.25) is 0 Å². The average Bonchev–Trinajstić information content (AvgIpc) is 2.98. The molecule has 1 saturated heterocycles. The van der Waals surface area contributed by atoms with E-state index >= 15 is 0 Å². The van der Waals surface area contributed by atoms with E-state index in [0.717, 1.165) is 24.8 Å². The van der Waals surface area contributed by atoms with Crippen molar-refractivity contribution in [3.63, 3.8) is 0 Å². The molecule has 25 heavy (non-hydrogen) atoms. The van der Waals surface area contributed by atoms with Gasteiger partial charge in [0.25, 0.3) is 0 Å². The average molecular weight is 342 g/mol. The molecule has 0 bridgehead atoms. The number of ether oxygens (including phenoxy) is 1. The molecule has 1 N–H and O–H groups in total. The van der Waals surface area contributed by atoms with Crippen molar-refractivity contribution in [3.8, 4) is 0 Å². The molecule has 4 heteroatoms. The Balaban J connectivity index is 1.73. The number of benzene rings is 1. The molecule has 0 amide bonds. The zero-order valence-corrected chi connectivity index (χ0v) is 14.6. The number of fused-ring (bicyclic) bond motifs is 3. The van der Waals surface area contributed by atoms with Crippen LogP contribution in [-0.2, 0) is 9.53 Å². The Labute approximate surface area is 147 Å². The van der Waals surface area contributed by atoms with Gasteiger partial charge >= 0.3 is 5.97 Å². The third kappa shape index (κ3) is 2.73. The van der Waals surface area contributed by atoms with Gasteiger partial charge in [-0.2, -0.15) is 0 Å². The summed E-state index contributed by atoms with van der Waals surface area (Å²) in [5, 5.41) is 10.9. The number of halogens is 1. The maximum absolute atomic E-state index is 13.1. The van der Waals surface area contributed by atoms with E-state index < -0.39 is 5.60 Å². The lowest BCUT2D eigenvalue weighted by Crippen LogP contribution is -2.40. The molecule has 4 atom stereocenters. The fraction of sp³-hybridized carbons (Fsp3) is 0.476. The van der Waals surface area contributed by atoms with Gasteiger partial charge in [-0.1, -0.05) is 23.3 Å². The number of allylic oxidation sites excluding steroid dienone is 1. The Morgan fingerprint density at radius 3 is 2.72 bits per heavy atom. The molecular weight excluding hydrogens is 319 g/mol. The van der Waals surface area contributed by atoms with Crippen molar-refractivity contribution in [3.05, 3.63) is 52.4 Å². The monoisotopic (exact) mass is 342 g/mol. The summed E-state index contributed by atoms with van der Waals surface area (Å²) in [7, 11) is 0. The zero-order chi connectivity index (χ0) is 17.8. The lowest BCUT2D eigenvalue weighted by molar-refractivity contribution is -0.144. The van der Waals surface area contributed by atoms with Gasteiger partial charge in [0.05, 0.1) is 5.60 Å². The van der Waals surface area contributed by atoms with E-state index in [-0.39, 0.29) is 29.7 Å². The Morgan fingerprint density at radius 1 is 1.28 bits per heavy atom. The molecule has 2 fully saturated rings. The Kier molecular flexibility index (Phi) is 3.84. The Morgan fingerprint density at radius 2 is 2.00 bits per heavy atom. The lowest BCUT2D eigenvalue weighted by Gasteiger charge is -2.32. The van der Waals surface area contributed by atoms with Crippen LogP contribution in [0.5, 0.6) is 0 Å². The van der Waals surface area contributed by atoms with E-state index in [9.17, 15) is 14.3 Å². The number of rotatable bonds is 1. The number of carbonyl (C=O) groups is 1. The Bertz CT molecular complexity index is 773. The van der Waals surface area contributed by atoms with Crippen LogP contribution in [0.1, 0.15) is 45.1 Å². The van der Waals surface area contributed by atoms with Gasteiger partial charge in [-0.15, -0.1) is 0 Å². The van der Waals surface area contributed by atoms with Crippen LogP contribution in [0.4, 0.5) is 4.39 Å². The van der Waals surface area contributed by atoms with E-state index in [4.69, 9.17) is 4.74 Å². The second kappa shape index (κ2) is 5.80. The Hall–Kier alpha value is -1.94. The lowest BCUT2D eigenvalue weighted by atomic mass is 9.79. The van der Waals surface area contributed by atoms with Crippen LogP contribution >= 0.6 is 0 Å². The highest BCUT2D eigenvalue weighted by Gasteiger charge is 2.54. The summed E-state index contributed by atoms with van der Waals surface area (Å²) in [6.07, 6.45) is 4.86. The standard InChI is InChI=1S/C21H23FO3/c1-12-3-8-16-17(11-13-4-6-14(22)7-5-13)20(23)25-19(16)18-15(12)9-10-21(18,2)24/h4-7,11,16,18-19,24H,3,8-10H2,1-2H3/b17-11+/t16-,18-,19-,21+/m0/s1. The van der Waals surface area contributed by atoms with Crippen molar-refractivity contribution in [2.24, 2.45) is 11.8 Å². The predicted molar refractivity (Wildman–Crippen MR) is 93.0 cm³/mol. The summed E-state index contributed by atoms with van der Waals surface area (Å²) < 4.78 is 18.9. The maximum Gasteiger partial charge on any atom is 0.334 e. The second-order valence-electron chi connectivity index (χ2n) is 7.81. The maximum atomic E-state index is 13.1. The summed E-state index contributed by atoms with van der Waals surface area (Å²) >= 11 is 0. The molecular formula is C21H23FO3. The van der Waals surface area contributed by atoms with Crippen LogP contribution in [0, 0.1) is 17.7 Å². The molecule has 0 spiro atoms. The first-order valence-corrected chi connectivity index (χ1v) is 8.96. The van der Waals surface area contributed by atoms with E-state index in [2.05, 4.69) is 6.92 Å². The van der Waals surface area contributed by atoms with E-state index in [1.807, 2.05) is 13.0 Å². The van der Waals surface area contributed by atoms with Crippen LogP contribution < -0.4 is 0 Å². The molecule has 4 rings (SSSR count). The first-order valence-electron chi connectivity index (χ1n) is 8.96. The molecule has 0 unspecified atom stereocenters. The van der Waals surface area contributed by atoms with E-state index in [1.165, 1.54) is 23.3 Å². The number of carbonyl (C=O) groups excluding carboxylic acids is 1. The van der Waals surface area contributed by atoms with Crippen molar-refractivity contribution >= 4 is 12.0 Å². The minimum absolute atomic E-state index is 0.0282. The summed E-state index contributed by atoms with van der Waals surface area (Å²) in [5.41, 5.74) is 3.20. The number of hydrogen-bond donors (Lipinski definition) is 1. The number of esters is 1. The normalized spacial score (nSPS) is 36.2. The summed E-state index contributed by atoms with van der Waals surface area (Å²) in [4.78, 5) is 12.5. The fourth-order valence-corrected chi connectivity index (χ4v) is 4.76. The van der Waals surface area contributed by atoms with Crippen molar-refractivity contribution in [2.75, 3.05) is 0 Å². The minimum Gasteiger partial charge on any atom is -0.458 e. The molecule has 1 saturated carbocycles. The van der Waals surface area contributed by atoms with Crippen LogP contribution in [0.25, 0.3) is 6.08 Å². The molecule has 2 aliphatic carbocycles. The van der Waals surface area contributed by atoms with Gasteiger partial charge in [-0.05, 0) is 63.3 Å².